The topological polar surface area (TPSA) is 82.0 Å². The molecule has 0 unspecified atom stereocenters. The standard InChI is InChI=1S/C15H21F3N6O2/c1-9(2)12-19-11(26-21-12)8-23-6-4-10(5-7-23)24-14(25)22(3)13(20-24)15(16,17)18/h9-10H,4-8H2,1-3H3. The fraction of sp³-hybridized carbons (Fsp3) is 0.733. The van der Waals surface area contributed by atoms with E-state index < -0.39 is 17.7 Å². The molecule has 26 heavy (non-hydrogen) atoms. The van der Waals surface area contributed by atoms with E-state index in [0.29, 0.717) is 48.8 Å². The van der Waals surface area contributed by atoms with Crippen LogP contribution in [0.25, 0.3) is 0 Å². The fourth-order valence-electron chi connectivity index (χ4n) is 3.02. The average molecular weight is 374 g/mol. The lowest BCUT2D eigenvalue weighted by Crippen LogP contribution is -2.37. The van der Waals surface area contributed by atoms with Crippen molar-refractivity contribution in [2.45, 2.75) is 51.4 Å². The highest BCUT2D eigenvalue weighted by molar-refractivity contribution is 4.95. The number of aromatic nitrogens is 5. The number of piperidine rings is 1. The second kappa shape index (κ2) is 6.86. The third-order valence-corrected chi connectivity index (χ3v) is 4.52. The van der Waals surface area contributed by atoms with E-state index in [1.54, 1.807) is 0 Å². The zero-order valence-electron chi connectivity index (χ0n) is 14.8. The Labute approximate surface area is 147 Å². The molecule has 2 aromatic rings. The Hall–Kier alpha value is -2.17. The van der Waals surface area contributed by atoms with E-state index in [2.05, 4.69) is 20.1 Å². The summed E-state index contributed by atoms with van der Waals surface area (Å²) in [5, 5.41) is 7.43. The predicted octanol–water partition coefficient (Wildman–Crippen LogP) is 1.94. The molecular formula is C15H21F3N6O2. The summed E-state index contributed by atoms with van der Waals surface area (Å²) in [7, 11) is 1.09. The highest BCUT2D eigenvalue weighted by atomic mass is 19.4. The van der Waals surface area contributed by atoms with Gasteiger partial charge in [0.05, 0.1) is 12.6 Å². The molecule has 11 heteroatoms. The van der Waals surface area contributed by atoms with Crippen molar-refractivity contribution in [2.24, 2.45) is 7.05 Å². The third kappa shape index (κ3) is 3.67. The molecule has 0 aromatic carbocycles. The van der Waals surface area contributed by atoms with E-state index in [1.807, 2.05) is 13.8 Å². The van der Waals surface area contributed by atoms with E-state index in [-0.39, 0.29) is 12.0 Å². The molecule has 0 saturated carbocycles. The van der Waals surface area contributed by atoms with Gasteiger partial charge in [-0.2, -0.15) is 18.2 Å². The Morgan fingerprint density at radius 1 is 1.27 bits per heavy atom. The van der Waals surface area contributed by atoms with Crippen LogP contribution in [0.5, 0.6) is 0 Å². The molecule has 8 nitrogen and oxygen atoms in total. The molecule has 3 rings (SSSR count). The van der Waals surface area contributed by atoms with Crippen LogP contribution in [0.1, 0.15) is 56.2 Å². The maximum atomic E-state index is 12.9. The highest BCUT2D eigenvalue weighted by Gasteiger charge is 2.39. The van der Waals surface area contributed by atoms with Crippen LogP contribution in [0.3, 0.4) is 0 Å². The summed E-state index contributed by atoms with van der Waals surface area (Å²) < 4.78 is 45.4. The molecule has 1 aliphatic heterocycles. The summed E-state index contributed by atoms with van der Waals surface area (Å²) in [6.07, 6.45) is -3.59. The number of likely N-dealkylation sites (tertiary alicyclic amines) is 1. The van der Waals surface area contributed by atoms with Crippen molar-refractivity contribution in [3.8, 4) is 0 Å². The van der Waals surface area contributed by atoms with Gasteiger partial charge in [-0.15, -0.1) is 5.10 Å². The SMILES string of the molecule is CC(C)c1noc(CN2CCC(n3nc(C(F)(F)F)n(C)c3=O)CC2)n1. The summed E-state index contributed by atoms with van der Waals surface area (Å²) in [5.74, 6) is 0.171. The number of halogens is 3. The lowest BCUT2D eigenvalue weighted by atomic mass is 10.1. The molecule has 3 heterocycles. The zero-order valence-corrected chi connectivity index (χ0v) is 14.8. The largest absolute Gasteiger partial charge is 0.451 e. The molecule has 1 saturated heterocycles. The van der Waals surface area contributed by atoms with Gasteiger partial charge in [0.25, 0.3) is 0 Å². The van der Waals surface area contributed by atoms with Crippen molar-refractivity contribution >= 4 is 0 Å². The molecule has 0 atom stereocenters. The first-order chi connectivity index (χ1) is 12.2. The Kier molecular flexibility index (Phi) is 4.91. The molecule has 0 bridgehead atoms. The van der Waals surface area contributed by atoms with Crippen LogP contribution in [0.15, 0.2) is 9.32 Å². The van der Waals surface area contributed by atoms with E-state index >= 15 is 0 Å². The van der Waals surface area contributed by atoms with Crippen molar-refractivity contribution in [2.75, 3.05) is 13.1 Å². The van der Waals surface area contributed by atoms with Crippen molar-refractivity contribution < 1.29 is 17.7 Å². The van der Waals surface area contributed by atoms with Gasteiger partial charge < -0.3 is 4.52 Å². The summed E-state index contributed by atoms with van der Waals surface area (Å²) in [5.41, 5.74) is -0.741. The molecule has 2 aromatic heterocycles. The summed E-state index contributed by atoms with van der Waals surface area (Å²) in [4.78, 5) is 18.5. The van der Waals surface area contributed by atoms with Gasteiger partial charge in [0.15, 0.2) is 5.82 Å². The van der Waals surface area contributed by atoms with E-state index in [1.165, 1.54) is 0 Å². The van der Waals surface area contributed by atoms with Crippen LogP contribution >= 0.6 is 0 Å². The summed E-state index contributed by atoms with van der Waals surface area (Å²) >= 11 is 0. The number of rotatable bonds is 4. The quantitative estimate of drug-likeness (QED) is 0.814. The smallest absolute Gasteiger partial charge is 0.338 e. The van der Waals surface area contributed by atoms with Crippen LogP contribution in [0.2, 0.25) is 0 Å². The van der Waals surface area contributed by atoms with Gasteiger partial charge in [0.1, 0.15) is 0 Å². The minimum atomic E-state index is -4.65. The molecule has 1 fully saturated rings. The number of alkyl halides is 3. The van der Waals surface area contributed by atoms with Gasteiger partial charge >= 0.3 is 11.9 Å². The average Bonchev–Trinajstić information content (AvgIpc) is 3.14. The number of nitrogens with zero attached hydrogens (tertiary/aromatic N) is 6. The van der Waals surface area contributed by atoms with Gasteiger partial charge in [-0.1, -0.05) is 19.0 Å². The van der Waals surface area contributed by atoms with Gasteiger partial charge in [0, 0.05) is 26.1 Å². The Bertz CT molecular complexity index is 814. The Morgan fingerprint density at radius 3 is 2.42 bits per heavy atom. The van der Waals surface area contributed by atoms with Crippen molar-refractivity contribution in [3.05, 3.63) is 28.0 Å². The second-order valence-corrected chi connectivity index (χ2v) is 6.82. The van der Waals surface area contributed by atoms with Crippen molar-refractivity contribution in [3.63, 3.8) is 0 Å². The Balaban J connectivity index is 1.64. The molecule has 144 valence electrons. The minimum absolute atomic E-state index is 0.178. The maximum absolute atomic E-state index is 12.9. The molecular weight excluding hydrogens is 353 g/mol. The van der Waals surface area contributed by atoms with E-state index in [4.69, 9.17) is 4.52 Å². The van der Waals surface area contributed by atoms with Crippen LogP contribution in [-0.4, -0.2) is 42.5 Å². The van der Waals surface area contributed by atoms with Gasteiger partial charge in [-0.3, -0.25) is 9.47 Å². The van der Waals surface area contributed by atoms with Gasteiger partial charge in [-0.25, -0.2) is 9.48 Å². The molecule has 0 aliphatic carbocycles. The Morgan fingerprint density at radius 2 is 1.92 bits per heavy atom. The lowest BCUT2D eigenvalue weighted by molar-refractivity contribution is -0.147. The number of hydrogen-bond donors (Lipinski definition) is 0. The predicted molar refractivity (Wildman–Crippen MR) is 84.4 cm³/mol. The lowest BCUT2D eigenvalue weighted by Gasteiger charge is -2.30. The van der Waals surface area contributed by atoms with E-state index in [9.17, 15) is 18.0 Å². The molecule has 0 radical (unpaired) electrons. The summed E-state index contributed by atoms with van der Waals surface area (Å²) in [6.45, 7) is 5.64. The first kappa shape index (κ1) is 18.6. The maximum Gasteiger partial charge on any atom is 0.451 e. The van der Waals surface area contributed by atoms with Gasteiger partial charge in [0.2, 0.25) is 11.7 Å². The number of hydrogen-bond acceptors (Lipinski definition) is 6. The van der Waals surface area contributed by atoms with Crippen molar-refractivity contribution in [1.82, 2.24) is 29.4 Å². The summed E-state index contributed by atoms with van der Waals surface area (Å²) in [6, 6.07) is -0.352. The molecule has 0 spiro atoms. The monoisotopic (exact) mass is 374 g/mol. The normalized spacial score (nSPS) is 17.3. The third-order valence-electron chi connectivity index (χ3n) is 4.52. The highest BCUT2D eigenvalue weighted by Crippen LogP contribution is 2.28. The first-order valence-electron chi connectivity index (χ1n) is 8.44. The minimum Gasteiger partial charge on any atom is -0.338 e. The molecule has 0 N–H and O–H groups in total. The van der Waals surface area contributed by atoms with Crippen LogP contribution < -0.4 is 5.69 Å². The van der Waals surface area contributed by atoms with Crippen LogP contribution in [0.4, 0.5) is 13.2 Å². The molecule has 0 amide bonds. The first-order valence-corrected chi connectivity index (χ1v) is 8.44. The fourth-order valence-corrected chi connectivity index (χ4v) is 3.02. The van der Waals surface area contributed by atoms with Crippen LogP contribution in [0, 0.1) is 0 Å². The van der Waals surface area contributed by atoms with Crippen LogP contribution in [-0.2, 0) is 19.8 Å². The zero-order chi connectivity index (χ0) is 19.1. The van der Waals surface area contributed by atoms with Crippen molar-refractivity contribution in [1.29, 1.82) is 0 Å². The second-order valence-electron chi connectivity index (χ2n) is 6.82. The van der Waals surface area contributed by atoms with E-state index in [0.717, 1.165) is 11.7 Å². The van der Waals surface area contributed by atoms with Gasteiger partial charge in [-0.05, 0) is 12.8 Å². The molecule has 1 aliphatic rings.